The van der Waals surface area contributed by atoms with Gasteiger partial charge in [0.1, 0.15) is 5.78 Å². The number of hydrogen-bond donors (Lipinski definition) is 0. The minimum absolute atomic E-state index is 0.0881. The second-order valence-electron chi connectivity index (χ2n) is 5.32. The zero-order chi connectivity index (χ0) is 10.8. The molecular formula is C13H22O. The Morgan fingerprint density at radius 2 is 2.00 bits per heavy atom. The van der Waals surface area contributed by atoms with Crippen LogP contribution in [0.5, 0.6) is 0 Å². The van der Waals surface area contributed by atoms with Crippen molar-refractivity contribution in [1.29, 1.82) is 0 Å². The van der Waals surface area contributed by atoms with Gasteiger partial charge in [0.15, 0.2) is 0 Å². The first-order chi connectivity index (χ1) is 6.44. The van der Waals surface area contributed by atoms with Crippen molar-refractivity contribution in [3.8, 4) is 0 Å². The van der Waals surface area contributed by atoms with Crippen LogP contribution in [0, 0.1) is 10.8 Å². The van der Waals surface area contributed by atoms with Gasteiger partial charge in [0.25, 0.3) is 0 Å². The lowest BCUT2D eigenvalue weighted by molar-refractivity contribution is -0.135. The molecule has 1 nitrogen and oxygen atoms in total. The number of Topliss-reactive ketones (excluding diaryl/α,β-unsaturated/α-hetero) is 1. The van der Waals surface area contributed by atoms with Crippen molar-refractivity contribution in [2.24, 2.45) is 10.8 Å². The van der Waals surface area contributed by atoms with Gasteiger partial charge >= 0.3 is 0 Å². The molecule has 1 aliphatic rings. The Morgan fingerprint density at radius 1 is 1.36 bits per heavy atom. The Bertz CT molecular complexity index is 244. The van der Waals surface area contributed by atoms with Crippen LogP contribution in [0.4, 0.5) is 0 Å². The highest BCUT2D eigenvalue weighted by Crippen LogP contribution is 2.48. The molecule has 14 heavy (non-hydrogen) atoms. The highest BCUT2D eigenvalue weighted by Gasteiger charge is 2.46. The molecule has 0 heterocycles. The Balaban J connectivity index is 3.02. The van der Waals surface area contributed by atoms with Crippen LogP contribution < -0.4 is 0 Å². The average molecular weight is 194 g/mol. The number of allylic oxidation sites excluding steroid dienone is 2. The maximum absolute atomic E-state index is 12.1. The third-order valence-corrected chi connectivity index (χ3v) is 3.66. The van der Waals surface area contributed by atoms with E-state index in [0.717, 1.165) is 19.3 Å². The lowest BCUT2D eigenvalue weighted by Crippen LogP contribution is -2.43. The third-order valence-electron chi connectivity index (χ3n) is 3.66. The predicted molar refractivity (Wildman–Crippen MR) is 60.2 cm³/mol. The molecular weight excluding hydrogens is 172 g/mol. The van der Waals surface area contributed by atoms with E-state index < -0.39 is 0 Å². The minimum atomic E-state index is -0.101. The van der Waals surface area contributed by atoms with E-state index in [1.165, 1.54) is 0 Å². The number of carbonyl (C=O) groups is 1. The van der Waals surface area contributed by atoms with Gasteiger partial charge in [0.2, 0.25) is 0 Å². The fourth-order valence-electron chi connectivity index (χ4n) is 2.53. The summed E-state index contributed by atoms with van der Waals surface area (Å²) >= 11 is 0. The number of carbonyl (C=O) groups excluding carboxylic acids is 1. The maximum atomic E-state index is 12.1. The van der Waals surface area contributed by atoms with Crippen molar-refractivity contribution in [3.05, 3.63) is 12.2 Å². The molecule has 1 atom stereocenters. The summed E-state index contributed by atoms with van der Waals surface area (Å²) in [5.74, 6) is 0.439. The summed E-state index contributed by atoms with van der Waals surface area (Å²) in [6.45, 7) is 8.56. The van der Waals surface area contributed by atoms with Gasteiger partial charge < -0.3 is 0 Å². The van der Waals surface area contributed by atoms with Gasteiger partial charge in [-0.25, -0.2) is 0 Å². The van der Waals surface area contributed by atoms with Crippen LogP contribution >= 0.6 is 0 Å². The van der Waals surface area contributed by atoms with E-state index in [4.69, 9.17) is 0 Å². The standard InChI is InChI=1S/C13H22O/c1-5-11(14)13(12(2,3)4)9-7-6-8-10-13/h6-7H,5,8-10H2,1-4H3. The molecule has 0 amide bonds. The van der Waals surface area contributed by atoms with Crippen LogP contribution in [0.2, 0.25) is 0 Å². The number of ketones is 1. The Morgan fingerprint density at radius 3 is 2.36 bits per heavy atom. The Kier molecular flexibility index (Phi) is 3.18. The quantitative estimate of drug-likeness (QED) is 0.612. The lowest BCUT2D eigenvalue weighted by atomic mass is 9.58. The third kappa shape index (κ3) is 1.77. The molecule has 80 valence electrons. The molecule has 1 unspecified atom stereocenters. The van der Waals surface area contributed by atoms with Crippen LogP contribution in [-0.2, 0) is 4.79 Å². The van der Waals surface area contributed by atoms with Gasteiger partial charge in [0.05, 0.1) is 0 Å². The van der Waals surface area contributed by atoms with Gasteiger partial charge in [-0.05, 0) is 24.7 Å². The maximum Gasteiger partial charge on any atom is 0.139 e. The first kappa shape index (κ1) is 11.5. The molecule has 0 aromatic rings. The highest BCUT2D eigenvalue weighted by atomic mass is 16.1. The van der Waals surface area contributed by atoms with Gasteiger partial charge in [-0.3, -0.25) is 4.79 Å². The zero-order valence-electron chi connectivity index (χ0n) is 9.89. The van der Waals surface area contributed by atoms with Gasteiger partial charge in [0, 0.05) is 11.8 Å². The molecule has 0 radical (unpaired) electrons. The number of rotatable bonds is 2. The van der Waals surface area contributed by atoms with E-state index in [9.17, 15) is 4.79 Å². The minimum Gasteiger partial charge on any atom is -0.299 e. The van der Waals surface area contributed by atoms with Gasteiger partial charge in [-0.2, -0.15) is 0 Å². The molecule has 0 aliphatic heterocycles. The molecule has 0 spiro atoms. The van der Waals surface area contributed by atoms with Crippen LogP contribution in [0.1, 0.15) is 53.4 Å². The summed E-state index contributed by atoms with van der Waals surface area (Å²) in [5.41, 5.74) is -0.0125. The number of hydrogen-bond acceptors (Lipinski definition) is 1. The van der Waals surface area contributed by atoms with Crippen LogP contribution in [-0.4, -0.2) is 5.78 Å². The Hall–Kier alpha value is -0.590. The summed E-state index contributed by atoms with van der Waals surface area (Å²) < 4.78 is 0. The molecule has 0 aromatic heterocycles. The summed E-state index contributed by atoms with van der Waals surface area (Å²) in [6, 6.07) is 0. The first-order valence-electron chi connectivity index (χ1n) is 5.62. The van der Waals surface area contributed by atoms with Crippen molar-refractivity contribution in [1.82, 2.24) is 0 Å². The molecule has 0 bridgehead atoms. The second-order valence-corrected chi connectivity index (χ2v) is 5.32. The molecule has 0 saturated heterocycles. The lowest BCUT2D eigenvalue weighted by Gasteiger charge is -2.44. The molecule has 0 fully saturated rings. The smallest absolute Gasteiger partial charge is 0.139 e. The van der Waals surface area contributed by atoms with Gasteiger partial charge in [-0.15, -0.1) is 0 Å². The molecule has 0 aromatic carbocycles. The summed E-state index contributed by atoms with van der Waals surface area (Å²) in [7, 11) is 0. The first-order valence-corrected chi connectivity index (χ1v) is 5.62. The predicted octanol–water partition coefficient (Wildman–Crippen LogP) is 3.74. The largest absolute Gasteiger partial charge is 0.299 e. The fourth-order valence-corrected chi connectivity index (χ4v) is 2.53. The van der Waals surface area contributed by atoms with E-state index in [1.807, 2.05) is 6.92 Å². The SMILES string of the molecule is CCC(=O)C1(C(C)(C)C)CC=CCC1. The van der Waals surface area contributed by atoms with E-state index >= 15 is 0 Å². The molecule has 0 saturated carbocycles. The van der Waals surface area contributed by atoms with E-state index in [-0.39, 0.29) is 10.8 Å². The Labute approximate surface area is 87.6 Å². The topological polar surface area (TPSA) is 17.1 Å². The van der Waals surface area contributed by atoms with Crippen LogP contribution in [0.25, 0.3) is 0 Å². The summed E-state index contributed by atoms with van der Waals surface area (Å²) in [6.07, 6.45) is 8.08. The van der Waals surface area contributed by atoms with Crippen LogP contribution in [0.15, 0.2) is 12.2 Å². The molecule has 1 rings (SSSR count). The van der Waals surface area contributed by atoms with E-state index in [2.05, 4.69) is 32.9 Å². The monoisotopic (exact) mass is 194 g/mol. The summed E-state index contributed by atoms with van der Waals surface area (Å²) in [4.78, 5) is 12.1. The highest BCUT2D eigenvalue weighted by molar-refractivity contribution is 5.85. The normalized spacial score (nSPS) is 27.7. The van der Waals surface area contributed by atoms with Crippen molar-refractivity contribution in [2.75, 3.05) is 0 Å². The van der Waals surface area contributed by atoms with Crippen molar-refractivity contribution < 1.29 is 4.79 Å². The van der Waals surface area contributed by atoms with Crippen molar-refractivity contribution in [3.63, 3.8) is 0 Å². The van der Waals surface area contributed by atoms with E-state index in [1.54, 1.807) is 0 Å². The molecule has 0 N–H and O–H groups in total. The average Bonchev–Trinajstić information content (AvgIpc) is 2.16. The summed E-state index contributed by atoms with van der Waals surface area (Å²) in [5, 5.41) is 0. The van der Waals surface area contributed by atoms with Crippen molar-refractivity contribution >= 4 is 5.78 Å². The van der Waals surface area contributed by atoms with Gasteiger partial charge in [-0.1, -0.05) is 39.8 Å². The van der Waals surface area contributed by atoms with Crippen molar-refractivity contribution in [2.45, 2.75) is 53.4 Å². The molecule has 1 aliphatic carbocycles. The van der Waals surface area contributed by atoms with E-state index in [0.29, 0.717) is 12.2 Å². The second kappa shape index (κ2) is 3.88. The molecule has 1 heteroatoms. The zero-order valence-corrected chi connectivity index (χ0v) is 9.89. The van der Waals surface area contributed by atoms with Crippen LogP contribution in [0.3, 0.4) is 0 Å². The fraction of sp³-hybridized carbons (Fsp3) is 0.769.